The highest BCUT2D eigenvalue weighted by Crippen LogP contribution is 2.26. The third-order valence-corrected chi connectivity index (χ3v) is 8.37. The van der Waals surface area contributed by atoms with Gasteiger partial charge in [-0.1, -0.05) is 112 Å². The van der Waals surface area contributed by atoms with Gasteiger partial charge in [-0.25, -0.2) is 0 Å². The number of nitrogens with two attached hydrogens (primary N) is 1. The molecule has 0 fully saturated rings. The van der Waals surface area contributed by atoms with Crippen LogP contribution in [0.4, 0.5) is 5.69 Å². The lowest BCUT2D eigenvalue weighted by Gasteiger charge is -2.13. The van der Waals surface area contributed by atoms with Crippen molar-refractivity contribution in [2.24, 2.45) is 5.73 Å². The van der Waals surface area contributed by atoms with Gasteiger partial charge in [-0.15, -0.1) is 0 Å². The van der Waals surface area contributed by atoms with Crippen LogP contribution >= 0.6 is 0 Å². The molecule has 4 rings (SSSR count). The highest BCUT2D eigenvalue weighted by Gasteiger charge is 2.07. The molecule has 5 N–H and O–H groups in total. The molecule has 0 aliphatic heterocycles. The lowest BCUT2D eigenvalue weighted by atomic mass is 9.92. The SMILES string of the molecule is C=C(CC)CC(C)c1ccc(CCc2ccccc2)cc1.C=C(N)c1cc(C)ccc1O.CCNc1cc(CCNC(=O)CC)ccc1OC. The minimum absolute atomic E-state index is 0.0930. The summed E-state index contributed by atoms with van der Waals surface area (Å²) in [5.41, 5.74) is 15.3. The molecule has 0 saturated heterocycles. The highest BCUT2D eigenvalue weighted by atomic mass is 16.5. The largest absolute Gasteiger partial charge is 0.507 e. The number of aryl methyl sites for hydroxylation is 3. The molecule has 1 unspecified atom stereocenters. The highest BCUT2D eigenvalue weighted by molar-refractivity contribution is 5.75. The van der Waals surface area contributed by atoms with Crippen molar-refractivity contribution in [1.29, 1.82) is 0 Å². The van der Waals surface area contributed by atoms with E-state index >= 15 is 0 Å². The van der Waals surface area contributed by atoms with Crippen LogP contribution in [0.2, 0.25) is 0 Å². The van der Waals surface area contributed by atoms with E-state index in [4.69, 9.17) is 10.5 Å². The van der Waals surface area contributed by atoms with E-state index in [0.29, 0.717) is 30.1 Å². The Balaban J connectivity index is 0.000000273. The lowest BCUT2D eigenvalue weighted by Crippen LogP contribution is -2.24. The quantitative estimate of drug-likeness (QED) is 0.0940. The summed E-state index contributed by atoms with van der Waals surface area (Å²) in [6.07, 6.45) is 5.77. The fourth-order valence-electron chi connectivity index (χ4n) is 5.26. The van der Waals surface area contributed by atoms with Gasteiger partial charge in [0.1, 0.15) is 11.5 Å². The second-order valence-electron chi connectivity index (χ2n) is 12.5. The van der Waals surface area contributed by atoms with Crippen LogP contribution in [-0.4, -0.2) is 31.2 Å². The van der Waals surface area contributed by atoms with Gasteiger partial charge in [0.25, 0.3) is 0 Å². The number of nitrogens with one attached hydrogen (secondary N) is 2. The van der Waals surface area contributed by atoms with Crippen molar-refractivity contribution in [3.8, 4) is 11.5 Å². The number of phenolic OH excluding ortho intramolecular Hbond substituents is 1. The van der Waals surface area contributed by atoms with Crippen LogP contribution in [0.3, 0.4) is 0 Å². The number of hydrogen-bond acceptors (Lipinski definition) is 5. The molecule has 1 amide bonds. The third-order valence-electron chi connectivity index (χ3n) is 8.37. The number of carbonyl (C=O) groups excluding carboxylic acids is 1. The van der Waals surface area contributed by atoms with E-state index in [0.717, 1.165) is 55.6 Å². The summed E-state index contributed by atoms with van der Waals surface area (Å²) in [7, 11) is 1.66. The van der Waals surface area contributed by atoms with Crippen molar-refractivity contribution < 1.29 is 14.6 Å². The molecule has 6 nitrogen and oxygen atoms in total. The number of anilines is 1. The number of amides is 1. The minimum atomic E-state index is 0.0930. The molecule has 0 heterocycles. The molecular weight excluding hydrogens is 619 g/mol. The number of allylic oxidation sites excluding steroid dienone is 1. The Bertz CT molecular complexity index is 1610. The maximum absolute atomic E-state index is 11.1. The molecule has 0 aliphatic carbocycles. The lowest BCUT2D eigenvalue weighted by molar-refractivity contribution is -0.120. The predicted octanol–water partition coefficient (Wildman–Crippen LogP) is 9.76. The fraction of sp³-hybridized carbons (Fsp3) is 0.341. The van der Waals surface area contributed by atoms with Crippen molar-refractivity contribution in [3.05, 3.63) is 143 Å². The average Bonchev–Trinajstić information content (AvgIpc) is 3.13. The molecule has 0 aromatic heterocycles. The van der Waals surface area contributed by atoms with Crippen LogP contribution in [0.15, 0.2) is 110 Å². The maximum Gasteiger partial charge on any atom is 0.219 e. The van der Waals surface area contributed by atoms with Gasteiger partial charge in [0.05, 0.1) is 12.8 Å². The van der Waals surface area contributed by atoms with Crippen molar-refractivity contribution in [3.63, 3.8) is 0 Å². The van der Waals surface area contributed by atoms with Crippen LogP contribution in [0.5, 0.6) is 11.5 Å². The van der Waals surface area contributed by atoms with Gasteiger partial charge in [0.15, 0.2) is 0 Å². The van der Waals surface area contributed by atoms with E-state index in [9.17, 15) is 9.90 Å². The van der Waals surface area contributed by atoms with Gasteiger partial charge in [-0.2, -0.15) is 0 Å². The Morgan fingerprint density at radius 2 is 1.48 bits per heavy atom. The molecule has 0 bridgehead atoms. The van der Waals surface area contributed by atoms with Crippen LogP contribution < -0.4 is 21.1 Å². The summed E-state index contributed by atoms with van der Waals surface area (Å²) in [5, 5.41) is 15.4. The molecule has 0 radical (unpaired) electrons. The summed E-state index contributed by atoms with van der Waals surface area (Å²) in [4.78, 5) is 11.1. The molecular formula is C44H59N3O3. The monoisotopic (exact) mass is 677 g/mol. The van der Waals surface area contributed by atoms with Crippen molar-refractivity contribution in [1.82, 2.24) is 5.32 Å². The Kier molecular flexibility index (Phi) is 18.6. The van der Waals surface area contributed by atoms with Gasteiger partial charge >= 0.3 is 0 Å². The Labute approximate surface area is 301 Å². The molecule has 268 valence electrons. The number of aromatic hydroxyl groups is 1. The molecule has 50 heavy (non-hydrogen) atoms. The van der Waals surface area contributed by atoms with Crippen LogP contribution in [-0.2, 0) is 24.1 Å². The molecule has 4 aromatic rings. The summed E-state index contributed by atoms with van der Waals surface area (Å²) >= 11 is 0. The zero-order chi connectivity index (χ0) is 36.9. The molecule has 0 saturated carbocycles. The van der Waals surface area contributed by atoms with E-state index < -0.39 is 0 Å². The Morgan fingerprint density at radius 3 is 2.04 bits per heavy atom. The molecule has 0 spiro atoms. The number of rotatable bonds is 15. The average molecular weight is 678 g/mol. The van der Waals surface area contributed by atoms with E-state index in [-0.39, 0.29) is 11.7 Å². The Hall–Kier alpha value is -4.97. The van der Waals surface area contributed by atoms with E-state index in [1.54, 1.807) is 19.2 Å². The van der Waals surface area contributed by atoms with Crippen molar-refractivity contribution >= 4 is 17.3 Å². The summed E-state index contributed by atoms with van der Waals surface area (Å²) in [6.45, 7) is 19.5. The van der Waals surface area contributed by atoms with Crippen LogP contribution in [0.1, 0.15) is 86.3 Å². The first-order valence-corrected chi connectivity index (χ1v) is 17.7. The van der Waals surface area contributed by atoms with Crippen molar-refractivity contribution in [2.75, 3.05) is 25.5 Å². The first-order valence-electron chi connectivity index (χ1n) is 17.7. The summed E-state index contributed by atoms with van der Waals surface area (Å²) in [6, 6.07) is 31.1. The standard InChI is InChI=1S/C21H26.C14H22N2O2.C9H11NO/c1-4-17(2)16-18(3)21-14-12-20(13-15-21)11-10-19-8-6-5-7-9-19;1-4-14(17)16-9-8-11-6-7-13(18-3)12(10-11)15-5-2;1-6-3-4-9(11)8(5-6)7(2)10/h5-9,12-15,18H,2,4,10-11,16H2,1,3H3;6-7,10,15H,4-5,8-9H2,1-3H3,(H,16,17);3-5,11H,2,10H2,1H3. The molecule has 4 aromatic carbocycles. The van der Waals surface area contributed by atoms with Gasteiger partial charge in [-0.05, 0) is 98.4 Å². The number of carbonyl (C=O) groups is 1. The summed E-state index contributed by atoms with van der Waals surface area (Å²) in [5.74, 6) is 1.69. The second-order valence-corrected chi connectivity index (χ2v) is 12.5. The van der Waals surface area contributed by atoms with E-state index in [1.165, 1.54) is 27.8 Å². The molecule has 6 heteroatoms. The smallest absolute Gasteiger partial charge is 0.219 e. The van der Waals surface area contributed by atoms with Gasteiger partial charge < -0.3 is 26.2 Å². The third kappa shape index (κ3) is 15.1. The fourth-order valence-corrected chi connectivity index (χ4v) is 5.26. The zero-order valence-corrected chi connectivity index (χ0v) is 31.1. The van der Waals surface area contributed by atoms with E-state index in [1.807, 2.05) is 39.0 Å². The number of methoxy groups -OCH3 is 1. The summed E-state index contributed by atoms with van der Waals surface area (Å²) < 4.78 is 5.28. The van der Waals surface area contributed by atoms with Crippen LogP contribution in [0.25, 0.3) is 5.70 Å². The molecule has 0 aliphatic rings. The minimum Gasteiger partial charge on any atom is -0.507 e. The number of ether oxygens (including phenoxy) is 1. The first kappa shape index (κ1) is 41.2. The normalized spacial score (nSPS) is 10.8. The number of phenols is 1. The Morgan fingerprint density at radius 1 is 0.840 bits per heavy atom. The molecule has 1 atom stereocenters. The van der Waals surface area contributed by atoms with Gasteiger partial charge in [0.2, 0.25) is 5.91 Å². The predicted molar refractivity (Wildman–Crippen MR) is 213 cm³/mol. The van der Waals surface area contributed by atoms with E-state index in [2.05, 4.69) is 98.3 Å². The number of hydrogen-bond donors (Lipinski definition) is 4. The zero-order valence-electron chi connectivity index (χ0n) is 31.1. The van der Waals surface area contributed by atoms with Gasteiger partial charge in [0, 0.05) is 30.8 Å². The van der Waals surface area contributed by atoms with Gasteiger partial charge in [-0.3, -0.25) is 4.79 Å². The van der Waals surface area contributed by atoms with Crippen LogP contribution in [0, 0.1) is 6.92 Å². The second kappa shape index (κ2) is 22.6. The van der Waals surface area contributed by atoms with Crippen molar-refractivity contribution in [2.45, 2.75) is 79.1 Å². The first-order chi connectivity index (χ1) is 24.0. The maximum atomic E-state index is 11.1. The topological polar surface area (TPSA) is 96.6 Å². The number of benzene rings is 4.